The van der Waals surface area contributed by atoms with Crippen LogP contribution in [0, 0.1) is 17.7 Å². The Morgan fingerprint density at radius 2 is 1.93 bits per heavy atom. The lowest BCUT2D eigenvalue weighted by molar-refractivity contribution is 0.361. The molecule has 1 aromatic rings. The summed E-state index contributed by atoms with van der Waals surface area (Å²) in [6.45, 7) is 6.36. The summed E-state index contributed by atoms with van der Waals surface area (Å²) in [6, 6.07) is 6.93. The summed E-state index contributed by atoms with van der Waals surface area (Å²) >= 11 is 0. The van der Waals surface area contributed by atoms with E-state index in [0.29, 0.717) is 11.8 Å². The molecular weight excluding hydrogens is 189 g/mol. The maximum absolute atomic E-state index is 12.9. The van der Waals surface area contributed by atoms with Gasteiger partial charge in [-0.1, -0.05) is 32.9 Å². The molecule has 1 aromatic carbocycles. The number of benzene rings is 1. The topological polar surface area (TPSA) is 26.0 Å². The fourth-order valence-corrected chi connectivity index (χ4v) is 1.83. The summed E-state index contributed by atoms with van der Waals surface area (Å²) in [7, 11) is 0. The van der Waals surface area contributed by atoms with E-state index in [1.54, 1.807) is 12.1 Å². The summed E-state index contributed by atoms with van der Waals surface area (Å²) in [5, 5.41) is 0. The number of nitrogens with two attached hydrogens (primary N) is 1. The van der Waals surface area contributed by atoms with Crippen LogP contribution in [0.5, 0.6) is 0 Å². The number of hydrogen-bond donors (Lipinski definition) is 1. The highest BCUT2D eigenvalue weighted by Gasteiger charge is 2.16. The first-order valence-corrected chi connectivity index (χ1v) is 5.50. The second-order valence-corrected chi connectivity index (χ2v) is 4.63. The molecule has 0 aliphatic heterocycles. The zero-order valence-electron chi connectivity index (χ0n) is 9.70. The molecule has 0 saturated heterocycles. The summed E-state index contributed by atoms with van der Waals surface area (Å²) < 4.78 is 12.9. The molecular formula is C13H20FN. The molecule has 1 nitrogen and oxygen atoms in total. The van der Waals surface area contributed by atoms with E-state index < -0.39 is 0 Å². The van der Waals surface area contributed by atoms with Crippen LogP contribution in [0.2, 0.25) is 0 Å². The number of rotatable bonds is 4. The standard InChI is InChI=1S/C13H20FN/c1-9(2)13(15)10(3)7-11-5-4-6-12(14)8-11/h4-6,8-10,13H,7,15H2,1-3H3. The lowest BCUT2D eigenvalue weighted by Gasteiger charge is -2.23. The van der Waals surface area contributed by atoms with E-state index in [2.05, 4.69) is 20.8 Å². The lowest BCUT2D eigenvalue weighted by Crippen LogP contribution is -2.34. The second kappa shape index (κ2) is 5.26. The average Bonchev–Trinajstić information content (AvgIpc) is 2.16. The van der Waals surface area contributed by atoms with Crippen molar-refractivity contribution in [2.24, 2.45) is 17.6 Å². The molecule has 0 saturated carbocycles. The summed E-state index contributed by atoms with van der Waals surface area (Å²) in [5.41, 5.74) is 7.08. The Bertz CT molecular complexity index is 309. The monoisotopic (exact) mass is 209 g/mol. The molecule has 2 unspecified atom stereocenters. The second-order valence-electron chi connectivity index (χ2n) is 4.63. The Kier molecular flexibility index (Phi) is 4.28. The van der Waals surface area contributed by atoms with Crippen LogP contribution in [0.4, 0.5) is 4.39 Å². The molecule has 0 radical (unpaired) electrons. The van der Waals surface area contributed by atoms with Gasteiger partial charge >= 0.3 is 0 Å². The third-order valence-electron chi connectivity index (χ3n) is 2.87. The van der Waals surface area contributed by atoms with E-state index in [9.17, 15) is 4.39 Å². The van der Waals surface area contributed by atoms with Gasteiger partial charge in [-0.3, -0.25) is 0 Å². The predicted molar refractivity (Wildman–Crippen MR) is 62.1 cm³/mol. The summed E-state index contributed by atoms with van der Waals surface area (Å²) in [5.74, 6) is 0.679. The van der Waals surface area contributed by atoms with Crippen LogP contribution in [0.3, 0.4) is 0 Å². The molecule has 2 N–H and O–H groups in total. The quantitative estimate of drug-likeness (QED) is 0.810. The molecule has 0 aromatic heterocycles. The van der Waals surface area contributed by atoms with Gasteiger partial charge in [0.1, 0.15) is 5.82 Å². The molecule has 2 atom stereocenters. The van der Waals surface area contributed by atoms with Crippen molar-refractivity contribution < 1.29 is 4.39 Å². The first kappa shape index (κ1) is 12.2. The first-order valence-electron chi connectivity index (χ1n) is 5.50. The van der Waals surface area contributed by atoms with Crippen LogP contribution in [0.15, 0.2) is 24.3 Å². The Morgan fingerprint density at radius 1 is 1.27 bits per heavy atom. The Morgan fingerprint density at radius 3 is 2.47 bits per heavy atom. The largest absolute Gasteiger partial charge is 0.327 e. The van der Waals surface area contributed by atoms with E-state index in [4.69, 9.17) is 5.73 Å². The van der Waals surface area contributed by atoms with E-state index in [0.717, 1.165) is 12.0 Å². The van der Waals surface area contributed by atoms with Crippen molar-refractivity contribution in [3.05, 3.63) is 35.6 Å². The van der Waals surface area contributed by atoms with Gasteiger partial charge in [0, 0.05) is 6.04 Å². The van der Waals surface area contributed by atoms with Crippen LogP contribution in [-0.2, 0) is 6.42 Å². The van der Waals surface area contributed by atoms with Gasteiger partial charge in [0.15, 0.2) is 0 Å². The normalized spacial score (nSPS) is 15.3. The van der Waals surface area contributed by atoms with Gasteiger partial charge in [-0.2, -0.15) is 0 Å². The van der Waals surface area contributed by atoms with Crippen LogP contribution in [0.1, 0.15) is 26.3 Å². The molecule has 0 amide bonds. The van der Waals surface area contributed by atoms with Crippen LogP contribution < -0.4 is 5.73 Å². The van der Waals surface area contributed by atoms with Crippen molar-refractivity contribution in [3.8, 4) is 0 Å². The average molecular weight is 209 g/mol. The first-order chi connectivity index (χ1) is 7.00. The van der Waals surface area contributed by atoms with Gasteiger partial charge < -0.3 is 5.73 Å². The van der Waals surface area contributed by atoms with Gasteiger partial charge in [0.2, 0.25) is 0 Å². The van der Waals surface area contributed by atoms with Gasteiger partial charge in [-0.15, -0.1) is 0 Å². The third-order valence-corrected chi connectivity index (χ3v) is 2.87. The molecule has 0 fully saturated rings. The maximum atomic E-state index is 12.9. The smallest absolute Gasteiger partial charge is 0.123 e. The van der Waals surface area contributed by atoms with E-state index in [1.165, 1.54) is 6.07 Å². The van der Waals surface area contributed by atoms with Crippen molar-refractivity contribution >= 4 is 0 Å². The molecule has 0 aliphatic carbocycles. The summed E-state index contributed by atoms with van der Waals surface area (Å²) in [6.07, 6.45) is 0.844. The molecule has 15 heavy (non-hydrogen) atoms. The van der Waals surface area contributed by atoms with Gasteiger partial charge in [0.25, 0.3) is 0 Å². The maximum Gasteiger partial charge on any atom is 0.123 e. The fourth-order valence-electron chi connectivity index (χ4n) is 1.83. The minimum absolute atomic E-state index is 0.169. The lowest BCUT2D eigenvalue weighted by atomic mass is 9.88. The molecule has 0 spiro atoms. The van der Waals surface area contributed by atoms with Crippen LogP contribution in [-0.4, -0.2) is 6.04 Å². The van der Waals surface area contributed by atoms with Crippen molar-refractivity contribution in [3.63, 3.8) is 0 Å². The van der Waals surface area contributed by atoms with Crippen molar-refractivity contribution in [1.82, 2.24) is 0 Å². The molecule has 0 aliphatic rings. The van der Waals surface area contributed by atoms with Crippen molar-refractivity contribution in [2.45, 2.75) is 33.2 Å². The molecule has 84 valence electrons. The Labute approximate surface area is 91.5 Å². The van der Waals surface area contributed by atoms with E-state index in [1.807, 2.05) is 6.07 Å². The minimum atomic E-state index is -0.169. The highest BCUT2D eigenvalue weighted by Crippen LogP contribution is 2.16. The van der Waals surface area contributed by atoms with Gasteiger partial charge in [-0.25, -0.2) is 4.39 Å². The van der Waals surface area contributed by atoms with E-state index in [-0.39, 0.29) is 11.9 Å². The Balaban J connectivity index is 2.62. The van der Waals surface area contributed by atoms with E-state index >= 15 is 0 Å². The third kappa shape index (κ3) is 3.63. The predicted octanol–water partition coefficient (Wildman–Crippen LogP) is 2.99. The SMILES string of the molecule is CC(C)C(N)C(C)Cc1cccc(F)c1. The molecule has 0 bridgehead atoms. The zero-order valence-corrected chi connectivity index (χ0v) is 9.70. The molecule has 1 rings (SSSR count). The van der Waals surface area contributed by atoms with Crippen molar-refractivity contribution in [2.75, 3.05) is 0 Å². The highest BCUT2D eigenvalue weighted by molar-refractivity contribution is 5.17. The van der Waals surface area contributed by atoms with Crippen molar-refractivity contribution in [1.29, 1.82) is 0 Å². The highest BCUT2D eigenvalue weighted by atomic mass is 19.1. The molecule has 2 heteroatoms. The summed E-state index contributed by atoms with van der Waals surface area (Å²) in [4.78, 5) is 0. The number of halogens is 1. The zero-order chi connectivity index (χ0) is 11.4. The number of hydrogen-bond acceptors (Lipinski definition) is 1. The van der Waals surface area contributed by atoms with Gasteiger partial charge in [-0.05, 0) is 36.0 Å². The Hall–Kier alpha value is -0.890. The minimum Gasteiger partial charge on any atom is -0.327 e. The molecule has 0 heterocycles. The fraction of sp³-hybridized carbons (Fsp3) is 0.538. The van der Waals surface area contributed by atoms with Crippen LogP contribution in [0.25, 0.3) is 0 Å². The van der Waals surface area contributed by atoms with Crippen LogP contribution >= 0.6 is 0 Å². The van der Waals surface area contributed by atoms with Gasteiger partial charge in [0.05, 0.1) is 0 Å².